The SMILES string of the molecule is C#CCCN1CC(C(C)C(=O)O)C1. The van der Waals surface area contributed by atoms with E-state index in [-0.39, 0.29) is 5.92 Å². The molecule has 1 unspecified atom stereocenters. The molecule has 1 atom stereocenters. The second kappa shape index (κ2) is 4.29. The zero-order valence-electron chi connectivity index (χ0n) is 7.86. The number of nitrogens with zero attached hydrogens (tertiary/aromatic N) is 1. The predicted octanol–water partition coefficient (Wildman–Crippen LogP) is 0.662. The van der Waals surface area contributed by atoms with Crippen LogP contribution in [0.15, 0.2) is 0 Å². The Bertz CT molecular complexity index is 226. The second-order valence-electron chi connectivity index (χ2n) is 3.60. The van der Waals surface area contributed by atoms with Gasteiger partial charge >= 0.3 is 5.97 Å². The summed E-state index contributed by atoms with van der Waals surface area (Å²) in [6.45, 7) is 4.44. The van der Waals surface area contributed by atoms with E-state index in [0.717, 1.165) is 26.1 Å². The van der Waals surface area contributed by atoms with Crippen molar-refractivity contribution in [3.8, 4) is 12.3 Å². The van der Waals surface area contributed by atoms with Gasteiger partial charge in [0.25, 0.3) is 0 Å². The van der Waals surface area contributed by atoms with Gasteiger partial charge in [-0.1, -0.05) is 6.92 Å². The van der Waals surface area contributed by atoms with Crippen molar-refractivity contribution < 1.29 is 9.90 Å². The van der Waals surface area contributed by atoms with Crippen molar-refractivity contribution in [1.82, 2.24) is 4.90 Å². The Morgan fingerprint density at radius 2 is 2.38 bits per heavy atom. The van der Waals surface area contributed by atoms with E-state index in [4.69, 9.17) is 11.5 Å². The highest BCUT2D eigenvalue weighted by Crippen LogP contribution is 2.23. The van der Waals surface area contributed by atoms with Crippen LogP contribution in [-0.4, -0.2) is 35.6 Å². The highest BCUT2D eigenvalue weighted by atomic mass is 16.4. The summed E-state index contributed by atoms with van der Waals surface area (Å²) in [7, 11) is 0. The summed E-state index contributed by atoms with van der Waals surface area (Å²) in [6.07, 6.45) is 5.89. The summed E-state index contributed by atoms with van der Waals surface area (Å²) in [6, 6.07) is 0. The molecule has 0 aromatic carbocycles. The van der Waals surface area contributed by atoms with Gasteiger partial charge in [0.1, 0.15) is 0 Å². The van der Waals surface area contributed by atoms with Crippen LogP contribution in [0.2, 0.25) is 0 Å². The minimum Gasteiger partial charge on any atom is -0.481 e. The van der Waals surface area contributed by atoms with Gasteiger partial charge in [-0.2, -0.15) is 0 Å². The third kappa shape index (κ3) is 2.46. The lowest BCUT2D eigenvalue weighted by Crippen LogP contribution is -2.51. The number of aliphatic carboxylic acids is 1. The minimum absolute atomic E-state index is 0.220. The molecule has 1 aliphatic heterocycles. The zero-order valence-corrected chi connectivity index (χ0v) is 7.86. The van der Waals surface area contributed by atoms with Crippen molar-refractivity contribution >= 4 is 5.97 Å². The van der Waals surface area contributed by atoms with Crippen molar-refractivity contribution in [1.29, 1.82) is 0 Å². The van der Waals surface area contributed by atoms with E-state index in [1.807, 2.05) is 0 Å². The summed E-state index contributed by atoms with van der Waals surface area (Å²) in [5.41, 5.74) is 0. The molecule has 1 fully saturated rings. The maximum Gasteiger partial charge on any atom is 0.306 e. The number of hydrogen-bond acceptors (Lipinski definition) is 2. The third-order valence-electron chi connectivity index (χ3n) is 2.65. The van der Waals surface area contributed by atoms with Crippen molar-refractivity contribution in [3.63, 3.8) is 0 Å². The first-order chi connectivity index (χ1) is 6.15. The number of carbonyl (C=O) groups is 1. The van der Waals surface area contributed by atoms with Gasteiger partial charge in [0.15, 0.2) is 0 Å². The van der Waals surface area contributed by atoms with Crippen LogP contribution >= 0.6 is 0 Å². The average molecular weight is 181 g/mol. The lowest BCUT2D eigenvalue weighted by atomic mass is 9.87. The Labute approximate surface area is 78.7 Å². The van der Waals surface area contributed by atoms with Gasteiger partial charge in [0.05, 0.1) is 5.92 Å². The lowest BCUT2D eigenvalue weighted by molar-refractivity contribution is -0.145. The smallest absolute Gasteiger partial charge is 0.306 e. The van der Waals surface area contributed by atoms with Gasteiger partial charge < -0.3 is 10.0 Å². The molecule has 0 aromatic rings. The normalized spacial score (nSPS) is 20.3. The summed E-state index contributed by atoms with van der Waals surface area (Å²) >= 11 is 0. The topological polar surface area (TPSA) is 40.5 Å². The molecule has 0 bridgehead atoms. The largest absolute Gasteiger partial charge is 0.481 e. The molecule has 1 rings (SSSR count). The van der Waals surface area contributed by atoms with Crippen LogP contribution in [-0.2, 0) is 4.79 Å². The average Bonchev–Trinajstić information content (AvgIpc) is 2.01. The van der Waals surface area contributed by atoms with Gasteiger partial charge in [-0.15, -0.1) is 12.3 Å². The summed E-state index contributed by atoms with van der Waals surface area (Å²) in [4.78, 5) is 12.8. The molecule has 0 amide bonds. The maximum absolute atomic E-state index is 10.6. The van der Waals surface area contributed by atoms with E-state index in [2.05, 4.69) is 10.8 Å². The summed E-state index contributed by atoms with van der Waals surface area (Å²) in [5, 5.41) is 8.73. The number of carboxylic acids is 1. The molecule has 3 nitrogen and oxygen atoms in total. The molecule has 13 heavy (non-hydrogen) atoms. The highest BCUT2D eigenvalue weighted by Gasteiger charge is 2.33. The zero-order chi connectivity index (χ0) is 9.84. The fourth-order valence-electron chi connectivity index (χ4n) is 1.53. The van der Waals surface area contributed by atoms with E-state index < -0.39 is 5.97 Å². The molecule has 0 radical (unpaired) electrons. The third-order valence-corrected chi connectivity index (χ3v) is 2.65. The number of carboxylic acid groups (broad SMARTS) is 1. The Morgan fingerprint density at radius 1 is 1.77 bits per heavy atom. The van der Waals surface area contributed by atoms with E-state index in [1.165, 1.54) is 0 Å². The number of terminal acetylenes is 1. The first-order valence-electron chi connectivity index (χ1n) is 4.53. The van der Waals surface area contributed by atoms with Crippen LogP contribution < -0.4 is 0 Å². The van der Waals surface area contributed by atoms with E-state index in [9.17, 15) is 4.79 Å². The van der Waals surface area contributed by atoms with Crippen LogP contribution in [0.5, 0.6) is 0 Å². The van der Waals surface area contributed by atoms with Crippen molar-refractivity contribution in [2.45, 2.75) is 13.3 Å². The Morgan fingerprint density at radius 3 is 2.85 bits per heavy atom. The maximum atomic E-state index is 10.6. The minimum atomic E-state index is -0.693. The molecule has 1 saturated heterocycles. The van der Waals surface area contributed by atoms with Crippen LogP contribution in [0.25, 0.3) is 0 Å². The molecular formula is C10H15NO2. The second-order valence-corrected chi connectivity index (χ2v) is 3.60. The molecule has 1 N–H and O–H groups in total. The van der Waals surface area contributed by atoms with Crippen LogP contribution in [0.4, 0.5) is 0 Å². The first kappa shape index (κ1) is 10.1. The molecule has 0 saturated carbocycles. The molecular weight excluding hydrogens is 166 g/mol. The quantitative estimate of drug-likeness (QED) is 0.648. The lowest BCUT2D eigenvalue weighted by Gasteiger charge is -2.40. The van der Waals surface area contributed by atoms with Crippen molar-refractivity contribution in [2.75, 3.05) is 19.6 Å². The fraction of sp³-hybridized carbons (Fsp3) is 0.700. The van der Waals surface area contributed by atoms with E-state index in [0.29, 0.717) is 5.92 Å². The Kier molecular flexibility index (Phi) is 3.32. The van der Waals surface area contributed by atoms with Crippen LogP contribution in [0, 0.1) is 24.2 Å². The summed E-state index contributed by atoms with van der Waals surface area (Å²) < 4.78 is 0. The molecule has 1 aliphatic rings. The van der Waals surface area contributed by atoms with Crippen molar-refractivity contribution in [2.24, 2.45) is 11.8 Å². The van der Waals surface area contributed by atoms with Gasteiger partial charge in [0, 0.05) is 26.1 Å². The molecule has 0 aliphatic carbocycles. The van der Waals surface area contributed by atoms with Gasteiger partial charge in [-0.25, -0.2) is 0 Å². The molecule has 1 heterocycles. The number of likely N-dealkylation sites (tertiary alicyclic amines) is 1. The van der Waals surface area contributed by atoms with E-state index >= 15 is 0 Å². The fourth-order valence-corrected chi connectivity index (χ4v) is 1.53. The molecule has 3 heteroatoms. The monoisotopic (exact) mass is 181 g/mol. The van der Waals surface area contributed by atoms with Gasteiger partial charge in [-0.3, -0.25) is 4.79 Å². The first-order valence-corrected chi connectivity index (χ1v) is 4.53. The Balaban J connectivity index is 2.18. The van der Waals surface area contributed by atoms with E-state index in [1.54, 1.807) is 6.92 Å². The number of rotatable bonds is 4. The highest BCUT2D eigenvalue weighted by molar-refractivity contribution is 5.70. The summed E-state index contributed by atoms with van der Waals surface area (Å²) in [5.74, 6) is 1.98. The van der Waals surface area contributed by atoms with Gasteiger partial charge in [-0.05, 0) is 5.92 Å². The van der Waals surface area contributed by atoms with Crippen LogP contribution in [0.3, 0.4) is 0 Å². The standard InChI is InChI=1S/C10H15NO2/c1-3-4-5-11-6-9(7-11)8(2)10(12)13/h1,8-9H,4-7H2,2H3,(H,12,13). The Hall–Kier alpha value is -1.01. The molecule has 72 valence electrons. The predicted molar refractivity (Wildman–Crippen MR) is 50.2 cm³/mol. The van der Waals surface area contributed by atoms with Crippen molar-refractivity contribution in [3.05, 3.63) is 0 Å². The van der Waals surface area contributed by atoms with Gasteiger partial charge in [0.2, 0.25) is 0 Å². The van der Waals surface area contributed by atoms with Crippen LogP contribution in [0.1, 0.15) is 13.3 Å². The molecule has 0 aromatic heterocycles. The molecule has 0 spiro atoms. The number of hydrogen-bond donors (Lipinski definition) is 1.